The number of aryl methyl sites for hydroxylation is 2. The van der Waals surface area contributed by atoms with Crippen LogP contribution in [-0.4, -0.2) is 35.8 Å². The van der Waals surface area contributed by atoms with Gasteiger partial charge in [-0.3, -0.25) is 4.79 Å². The maximum atomic E-state index is 12.5. The van der Waals surface area contributed by atoms with Crippen LogP contribution in [0.3, 0.4) is 0 Å². The Morgan fingerprint density at radius 1 is 1.18 bits per heavy atom. The van der Waals surface area contributed by atoms with E-state index in [0.717, 1.165) is 32.5 Å². The van der Waals surface area contributed by atoms with Crippen LogP contribution < -0.4 is 5.32 Å². The summed E-state index contributed by atoms with van der Waals surface area (Å²) in [5.74, 6) is -0.400. The maximum absolute atomic E-state index is 12.5. The number of aromatic amines is 1. The van der Waals surface area contributed by atoms with Crippen molar-refractivity contribution < 1.29 is 14.3 Å². The topological polar surface area (TPSA) is 71.2 Å². The molecular weight excluding hydrogens is 372 g/mol. The zero-order valence-electron chi connectivity index (χ0n) is 16.2. The molecule has 5 nitrogen and oxygen atoms in total. The average molecular weight is 397 g/mol. The number of benzene rings is 2. The van der Waals surface area contributed by atoms with Crippen molar-refractivity contribution in [1.82, 2.24) is 10.3 Å². The highest BCUT2D eigenvalue weighted by Gasteiger charge is 2.23. The van der Waals surface area contributed by atoms with E-state index in [0.29, 0.717) is 6.42 Å². The minimum Gasteiger partial charge on any atom is -0.467 e. The summed E-state index contributed by atoms with van der Waals surface area (Å²) in [7, 11) is 1.33. The zero-order valence-corrected chi connectivity index (χ0v) is 17.1. The number of aromatic nitrogens is 1. The third-order valence-corrected chi connectivity index (χ3v) is 5.78. The Labute approximate surface area is 168 Å². The highest BCUT2D eigenvalue weighted by molar-refractivity contribution is 8.00. The van der Waals surface area contributed by atoms with Gasteiger partial charge < -0.3 is 15.0 Å². The lowest BCUT2D eigenvalue weighted by molar-refractivity contribution is -0.144. The second kappa shape index (κ2) is 8.97. The van der Waals surface area contributed by atoms with Crippen molar-refractivity contribution in [1.29, 1.82) is 0 Å². The van der Waals surface area contributed by atoms with Crippen molar-refractivity contribution in [3.63, 3.8) is 0 Å². The number of hydrogen-bond donors (Lipinski definition) is 2. The number of H-pyrrole nitrogens is 1. The van der Waals surface area contributed by atoms with E-state index >= 15 is 0 Å². The molecule has 2 aromatic carbocycles. The molecule has 6 heteroatoms. The quantitative estimate of drug-likeness (QED) is 0.471. The third kappa shape index (κ3) is 4.75. The van der Waals surface area contributed by atoms with Gasteiger partial charge in [0.05, 0.1) is 12.9 Å². The van der Waals surface area contributed by atoms with E-state index in [2.05, 4.69) is 16.4 Å². The van der Waals surface area contributed by atoms with Gasteiger partial charge in [0.2, 0.25) is 5.91 Å². The molecule has 2 N–H and O–H groups in total. The van der Waals surface area contributed by atoms with E-state index in [1.165, 1.54) is 18.9 Å². The number of para-hydroxylation sites is 1. The van der Waals surface area contributed by atoms with Crippen molar-refractivity contribution >= 4 is 34.5 Å². The molecule has 0 aliphatic rings. The van der Waals surface area contributed by atoms with Crippen LogP contribution in [0.5, 0.6) is 0 Å². The van der Waals surface area contributed by atoms with Gasteiger partial charge in [0.15, 0.2) is 0 Å². The minimum atomic E-state index is -0.726. The molecule has 0 radical (unpaired) electrons. The summed E-state index contributed by atoms with van der Waals surface area (Å²) in [5.41, 5.74) is 4.25. The number of carbonyl (C=O) groups is 2. The van der Waals surface area contributed by atoms with Crippen LogP contribution in [0.1, 0.15) is 16.7 Å². The standard InChI is InChI=1S/C22H24N2O3S/c1-14-8-9-15(2)20(10-14)28-13-21(25)24-19(22(26)27-3)11-16-12-23-18-7-5-4-6-17(16)18/h4-10,12,19,23H,11,13H2,1-3H3,(H,24,25). The molecule has 0 spiro atoms. The second-order valence-corrected chi connectivity index (χ2v) is 7.78. The molecule has 28 heavy (non-hydrogen) atoms. The van der Waals surface area contributed by atoms with Crippen LogP contribution in [0.15, 0.2) is 53.6 Å². The highest BCUT2D eigenvalue weighted by atomic mass is 32.2. The summed E-state index contributed by atoms with van der Waals surface area (Å²) in [6.07, 6.45) is 2.24. The number of fused-ring (bicyclic) bond motifs is 1. The maximum Gasteiger partial charge on any atom is 0.328 e. The summed E-state index contributed by atoms with van der Waals surface area (Å²) in [6, 6.07) is 13.3. The van der Waals surface area contributed by atoms with E-state index in [1.807, 2.05) is 56.4 Å². The fourth-order valence-electron chi connectivity index (χ4n) is 3.10. The first-order chi connectivity index (χ1) is 13.5. The van der Waals surface area contributed by atoms with Crippen molar-refractivity contribution in [2.75, 3.05) is 12.9 Å². The fraction of sp³-hybridized carbons (Fsp3) is 0.273. The first-order valence-corrected chi connectivity index (χ1v) is 10.1. The number of nitrogens with one attached hydrogen (secondary N) is 2. The van der Waals surface area contributed by atoms with E-state index < -0.39 is 12.0 Å². The smallest absolute Gasteiger partial charge is 0.328 e. The van der Waals surface area contributed by atoms with E-state index in [-0.39, 0.29) is 11.7 Å². The predicted octanol–water partition coefficient (Wildman–Crippen LogP) is 3.78. The van der Waals surface area contributed by atoms with Gasteiger partial charge in [0.25, 0.3) is 0 Å². The lowest BCUT2D eigenvalue weighted by Gasteiger charge is -2.16. The van der Waals surface area contributed by atoms with Crippen molar-refractivity contribution in [2.45, 2.75) is 31.2 Å². The Bertz CT molecular complexity index is 996. The first-order valence-electron chi connectivity index (χ1n) is 9.10. The average Bonchev–Trinajstić information content (AvgIpc) is 3.10. The molecular formula is C22H24N2O3S. The second-order valence-electron chi connectivity index (χ2n) is 6.76. The Kier molecular flexibility index (Phi) is 6.41. The monoisotopic (exact) mass is 396 g/mol. The van der Waals surface area contributed by atoms with Gasteiger partial charge in [-0.2, -0.15) is 0 Å². The molecule has 1 heterocycles. The zero-order chi connectivity index (χ0) is 20.1. The van der Waals surface area contributed by atoms with Crippen LogP contribution in [0.25, 0.3) is 10.9 Å². The summed E-state index contributed by atoms with van der Waals surface area (Å²) in [5, 5.41) is 3.86. The number of carbonyl (C=O) groups excluding carboxylic acids is 2. The molecule has 146 valence electrons. The number of hydrogen-bond acceptors (Lipinski definition) is 4. The lowest BCUT2D eigenvalue weighted by atomic mass is 10.0. The number of amides is 1. The van der Waals surface area contributed by atoms with Gasteiger partial charge in [-0.15, -0.1) is 11.8 Å². The molecule has 0 fully saturated rings. The third-order valence-electron chi connectivity index (χ3n) is 4.62. The Morgan fingerprint density at radius 2 is 1.96 bits per heavy atom. The lowest BCUT2D eigenvalue weighted by Crippen LogP contribution is -2.43. The van der Waals surface area contributed by atoms with Gasteiger partial charge >= 0.3 is 5.97 Å². The molecule has 0 bridgehead atoms. The largest absolute Gasteiger partial charge is 0.467 e. The fourth-order valence-corrected chi connectivity index (χ4v) is 4.03. The van der Waals surface area contributed by atoms with Crippen molar-refractivity contribution in [2.24, 2.45) is 0 Å². The van der Waals surface area contributed by atoms with Crippen LogP contribution in [-0.2, 0) is 20.7 Å². The number of rotatable bonds is 7. The van der Waals surface area contributed by atoms with Gasteiger partial charge in [-0.25, -0.2) is 4.79 Å². The molecule has 0 saturated heterocycles. The Balaban J connectivity index is 1.67. The first kappa shape index (κ1) is 20.0. The SMILES string of the molecule is COC(=O)C(Cc1c[nH]c2ccccc12)NC(=O)CSc1cc(C)ccc1C. The Morgan fingerprint density at radius 3 is 2.75 bits per heavy atom. The van der Waals surface area contributed by atoms with Gasteiger partial charge in [0, 0.05) is 28.4 Å². The molecule has 0 aliphatic carbocycles. The molecule has 1 unspecified atom stereocenters. The minimum absolute atomic E-state index is 0.193. The number of thioether (sulfide) groups is 1. The number of esters is 1. The molecule has 1 atom stereocenters. The molecule has 3 rings (SSSR count). The number of ether oxygens (including phenoxy) is 1. The highest BCUT2D eigenvalue weighted by Crippen LogP contribution is 2.23. The van der Waals surface area contributed by atoms with Gasteiger partial charge in [0.1, 0.15) is 6.04 Å². The summed E-state index contributed by atoms with van der Waals surface area (Å²) in [4.78, 5) is 29.0. The van der Waals surface area contributed by atoms with Gasteiger partial charge in [-0.05, 0) is 37.1 Å². The van der Waals surface area contributed by atoms with E-state index in [4.69, 9.17) is 4.74 Å². The van der Waals surface area contributed by atoms with E-state index in [1.54, 1.807) is 0 Å². The molecule has 0 saturated carbocycles. The Hall–Kier alpha value is -2.73. The molecule has 1 aromatic heterocycles. The van der Waals surface area contributed by atoms with Crippen LogP contribution in [0.2, 0.25) is 0 Å². The predicted molar refractivity (Wildman–Crippen MR) is 113 cm³/mol. The number of methoxy groups -OCH3 is 1. The van der Waals surface area contributed by atoms with Crippen LogP contribution in [0.4, 0.5) is 0 Å². The van der Waals surface area contributed by atoms with Gasteiger partial charge in [-0.1, -0.05) is 35.9 Å². The summed E-state index contributed by atoms with van der Waals surface area (Å²) < 4.78 is 4.90. The van der Waals surface area contributed by atoms with E-state index in [9.17, 15) is 9.59 Å². The van der Waals surface area contributed by atoms with Crippen LogP contribution >= 0.6 is 11.8 Å². The van der Waals surface area contributed by atoms with Crippen LogP contribution in [0, 0.1) is 13.8 Å². The molecule has 0 aliphatic heterocycles. The summed E-state index contributed by atoms with van der Waals surface area (Å²) in [6.45, 7) is 4.05. The van der Waals surface area contributed by atoms with Crippen molar-refractivity contribution in [3.8, 4) is 0 Å². The normalized spacial score (nSPS) is 12.0. The van der Waals surface area contributed by atoms with Crippen molar-refractivity contribution in [3.05, 3.63) is 65.4 Å². The molecule has 1 amide bonds. The summed E-state index contributed by atoms with van der Waals surface area (Å²) >= 11 is 1.47. The molecule has 3 aromatic rings.